The molecule has 0 saturated carbocycles. The molecular weight excluding hydrogens is 320 g/mol. The Morgan fingerprint density at radius 1 is 1.28 bits per heavy atom. The van der Waals surface area contributed by atoms with Crippen LogP contribution in [-0.4, -0.2) is 41.0 Å². The first kappa shape index (κ1) is 18.9. The average Bonchev–Trinajstić information content (AvgIpc) is 3.09. The molecule has 3 N–H and O–H groups in total. The largest absolute Gasteiger partial charge is 0.396 e. The Bertz CT molecular complexity index is 670. The van der Waals surface area contributed by atoms with E-state index in [4.69, 9.17) is 9.63 Å². The van der Waals surface area contributed by atoms with Gasteiger partial charge >= 0.3 is 6.03 Å². The number of rotatable bonds is 8. The smallest absolute Gasteiger partial charge is 0.314 e. The molecule has 0 bridgehead atoms. The van der Waals surface area contributed by atoms with Crippen LogP contribution in [0, 0.1) is 5.41 Å². The molecule has 1 aromatic carbocycles. The summed E-state index contributed by atoms with van der Waals surface area (Å²) in [5.74, 6) is 0.929. The molecule has 0 fully saturated rings. The minimum absolute atomic E-state index is 0.0961. The Kier molecular flexibility index (Phi) is 6.52. The Hall–Kier alpha value is -2.41. The number of carbonyl (C=O) groups excluding carboxylic acids is 1. The van der Waals surface area contributed by atoms with Gasteiger partial charge in [-0.1, -0.05) is 56.3 Å². The van der Waals surface area contributed by atoms with Gasteiger partial charge < -0.3 is 20.3 Å². The van der Waals surface area contributed by atoms with Gasteiger partial charge in [0, 0.05) is 25.3 Å². The zero-order chi connectivity index (χ0) is 18.3. The van der Waals surface area contributed by atoms with Crippen LogP contribution in [0.4, 0.5) is 4.79 Å². The third-order valence-corrected chi connectivity index (χ3v) is 3.98. The van der Waals surface area contributed by atoms with Gasteiger partial charge in [0.15, 0.2) is 0 Å². The number of nitrogens with zero attached hydrogens (tertiary/aromatic N) is 2. The normalized spacial score (nSPS) is 12.6. The summed E-state index contributed by atoms with van der Waals surface area (Å²) in [6.45, 7) is 6.90. The molecule has 2 rings (SSSR count). The number of aromatic nitrogens is 2. The number of urea groups is 1. The molecule has 1 heterocycles. The second kappa shape index (κ2) is 8.62. The molecule has 1 aromatic heterocycles. The van der Waals surface area contributed by atoms with Crippen molar-refractivity contribution in [2.45, 2.75) is 33.1 Å². The first-order valence-electron chi connectivity index (χ1n) is 8.43. The van der Waals surface area contributed by atoms with E-state index in [1.807, 2.05) is 51.1 Å². The summed E-state index contributed by atoms with van der Waals surface area (Å²) in [5.41, 5.74) is 0.746. The fourth-order valence-electron chi connectivity index (χ4n) is 2.25. The van der Waals surface area contributed by atoms with Gasteiger partial charge in [0.25, 0.3) is 0 Å². The van der Waals surface area contributed by atoms with E-state index in [2.05, 4.69) is 20.8 Å². The van der Waals surface area contributed by atoms with Crippen molar-refractivity contribution in [1.29, 1.82) is 0 Å². The number of aliphatic hydroxyl groups excluding tert-OH is 1. The predicted octanol–water partition coefficient (Wildman–Crippen LogP) is 2.55. The van der Waals surface area contributed by atoms with E-state index >= 15 is 0 Å². The lowest BCUT2D eigenvalue weighted by Gasteiger charge is -2.24. The number of hydrogen-bond acceptors (Lipinski definition) is 5. The number of aliphatic hydroxyl groups is 1. The van der Waals surface area contributed by atoms with Crippen LogP contribution in [0.25, 0.3) is 11.4 Å². The van der Waals surface area contributed by atoms with Gasteiger partial charge in [0.05, 0.1) is 5.92 Å². The Morgan fingerprint density at radius 2 is 2.00 bits per heavy atom. The van der Waals surface area contributed by atoms with Gasteiger partial charge in [-0.2, -0.15) is 4.98 Å². The van der Waals surface area contributed by atoms with Crippen LogP contribution in [0.1, 0.15) is 39.0 Å². The minimum Gasteiger partial charge on any atom is -0.396 e. The highest BCUT2D eigenvalue weighted by Gasteiger charge is 2.19. The summed E-state index contributed by atoms with van der Waals surface area (Å²) >= 11 is 0. The highest BCUT2D eigenvalue weighted by Crippen LogP contribution is 2.19. The second-order valence-electron chi connectivity index (χ2n) is 6.92. The first-order valence-corrected chi connectivity index (χ1v) is 8.43. The molecule has 0 radical (unpaired) electrons. The summed E-state index contributed by atoms with van der Waals surface area (Å²) in [5, 5.41) is 18.6. The number of benzene rings is 1. The van der Waals surface area contributed by atoms with E-state index in [0.29, 0.717) is 31.2 Å². The lowest BCUT2D eigenvalue weighted by atomic mass is 9.90. The molecule has 7 nitrogen and oxygen atoms in total. The number of nitrogens with one attached hydrogen (secondary N) is 2. The van der Waals surface area contributed by atoms with Crippen molar-refractivity contribution < 1.29 is 14.4 Å². The van der Waals surface area contributed by atoms with E-state index in [1.54, 1.807) is 0 Å². The van der Waals surface area contributed by atoms with Gasteiger partial charge in [0.1, 0.15) is 0 Å². The zero-order valence-corrected chi connectivity index (χ0v) is 15.0. The quantitative estimate of drug-likeness (QED) is 0.682. The summed E-state index contributed by atoms with van der Waals surface area (Å²) in [6, 6.07) is 9.34. The molecule has 2 amide bonds. The molecule has 2 aromatic rings. The van der Waals surface area contributed by atoms with Crippen LogP contribution in [0.5, 0.6) is 0 Å². The molecule has 136 valence electrons. The summed E-state index contributed by atoms with van der Waals surface area (Å²) in [7, 11) is 0. The average molecular weight is 346 g/mol. The SMILES string of the molecule is CC(CNC(=O)NCC(C)(C)CCO)c1nc(-c2ccccc2)no1. The molecule has 25 heavy (non-hydrogen) atoms. The third kappa shape index (κ3) is 5.86. The van der Waals surface area contributed by atoms with E-state index < -0.39 is 0 Å². The van der Waals surface area contributed by atoms with Crippen molar-refractivity contribution in [2.75, 3.05) is 19.7 Å². The van der Waals surface area contributed by atoms with Crippen molar-refractivity contribution >= 4 is 6.03 Å². The Balaban J connectivity index is 1.81. The molecule has 0 spiro atoms. The maximum absolute atomic E-state index is 11.9. The summed E-state index contributed by atoms with van der Waals surface area (Å²) < 4.78 is 5.30. The van der Waals surface area contributed by atoms with Crippen molar-refractivity contribution in [3.05, 3.63) is 36.2 Å². The lowest BCUT2D eigenvalue weighted by Crippen LogP contribution is -2.42. The monoisotopic (exact) mass is 346 g/mol. The second-order valence-corrected chi connectivity index (χ2v) is 6.92. The van der Waals surface area contributed by atoms with Crippen LogP contribution in [0.15, 0.2) is 34.9 Å². The maximum Gasteiger partial charge on any atom is 0.314 e. The van der Waals surface area contributed by atoms with Crippen molar-refractivity contribution in [3.8, 4) is 11.4 Å². The molecule has 0 aliphatic carbocycles. The van der Waals surface area contributed by atoms with Gasteiger partial charge in [-0.25, -0.2) is 4.79 Å². The number of hydrogen-bond donors (Lipinski definition) is 3. The highest BCUT2D eigenvalue weighted by molar-refractivity contribution is 5.73. The molecular formula is C18H26N4O3. The van der Waals surface area contributed by atoms with Crippen LogP contribution in [-0.2, 0) is 0 Å². The standard InChI is InChI=1S/C18H26N4O3/c1-13(11-19-17(24)20-12-18(2,3)9-10-23)16-21-15(22-25-16)14-7-5-4-6-8-14/h4-8,13,23H,9-12H2,1-3H3,(H2,19,20,24). The third-order valence-electron chi connectivity index (χ3n) is 3.98. The fourth-order valence-corrected chi connectivity index (χ4v) is 2.25. The summed E-state index contributed by atoms with van der Waals surface area (Å²) in [6.07, 6.45) is 0.633. The van der Waals surface area contributed by atoms with Crippen molar-refractivity contribution in [2.24, 2.45) is 5.41 Å². The van der Waals surface area contributed by atoms with Gasteiger partial charge in [-0.15, -0.1) is 0 Å². The number of amides is 2. The number of carbonyl (C=O) groups is 1. The molecule has 0 aliphatic heterocycles. The van der Waals surface area contributed by atoms with Crippen LogP contribution < -0.4 is 10.6 Å². The molecule has 1 unspecified atom stereocenters. The molecule has 0 saturated heterocycles. The van der Waals surface area contributed by atoms with Gasteiger partial charge in [-0.3, -0.25) is 0 Å². The van der Waals surface area contributed by atoms with Crippen molar-refractivity contribution in [1.82, 2.24) is 20.8 Å². The zero-order valence-electron chi connectivity index (χ0n) is 15.0. The molecule has 1 atom stereocenters. The van der Waals surface area contributed by atoms with Gasteiger partial charge in [-0.05, 0) is 11.8 Å². The van der Waals surface area contributed by atoms with Gasteiger partial charge in [0.2, 0.25) is 11.7 Å². The highest BCUT2D eigenvalue weighted by atomic mass is 16.5. The van der Waals surface area contributed by atoms with E-state index in [0.717, 1.165) is 5.56 Å². The van der Waals surface area contributed by atoms with E-state index in [1.165, 1.54) is 0 Å². The maximum atomic E-state index is 11.9. The first-order chi connectivity index (χ1) is 11.9. The van der Waals surface area contributed by atoms with Crippen LogP contribution in [0.2, 0.25) is 0 Å². The van der Waals surface area contributed by atoms with Crippen LogP contribution >= 0.6 is 0 Å². The summed E-state index contributed by atoms with van der Waals surface area (Å²) in [4.78, 5) is 16.3. The molecule has 7 heteroatoms. The fraction of sp³-hybridized carbons (Fsp3) is 0.500. The van der Waals surface area contributed by atoms with E-state index in [-0.39, 0.29) is 24.0 Å². The predicted molar refractivity (Wildman–Crippen MR) is 95.0 cm³/mol. The van der Waals surface area contributed by atoms with Crippen LogP contribution in [0.3, 0.4) is 0 Å². The lowest BCUT2D eigenvalue weighted by molar-refractivity contribution is 0.201. The molecule has 0 aliphatic rings. The topological polar surface area (TPSA) is 100 Å². The van der Waals surface area contributed by atoms with E-state index in [9.17, 15) is 4.79 Å². The Morgan fingerprint density at radius 3 is 2.68 bits per heavy atom. The Labute approximate surface area is 147 Å². The minimum atomic E-state index is -0.249. The van der Waals surface area contributed by atoms with Crippen molar-refractivity contribution in [3.63, 3.8) is 0 Å².